The SMILES string of the molecule is Cc1cccc(CN2C(=O)CC[C@@H]3[C@H]2CCN3C(=O)NC2CC2)n1. The maximum Gasteiger partial charge on any atom is 0.317 e. The third kappa shape index (κ3) is 2.97. The largest absolute Gasteiger partial charge is 0.335 e. The van der Waals surface area contributed by atoms with E-state index in [1.807, 2.05) is 34.9 Å². The average molecular weight is 328 g/mol. The number of hydrogen-bond acceptors (Lipinski definition) is 3. The first-order valence-electron chi connectivity index (χ1n) is 8.91. The van der Waals surface area contributed by atoms with Gasteiger partial charge in [-0.2, -0.15) is 0 Å². The van der Waals surface area contributed by atoms with Crippen molar-refractivity contribution in [2.45, 2.75) is 63.7 Å². The number of urea groups is 1. The maximum atomic E-state index is 12.5. The van der Waals surface area contributed by atoms with Crippen molar-refractivity contribution in [1.29, 1.82) is 0 Å². The quantitative estimate of drug-likeness (QED) is 0.920. The molecule has 1 aromatic heterocycles. The predicted molar refractivity (Wildman–Crippen MR) is 89.2 cm³/mol. The number of nitrogens with zero attached hydrogens (tertiary/aromatic N) is 3. The van der Waals surface area contributed by atoms with Crippen molar-refractivity contribution >= 4 is 11.9 Å². The number of carbonyl (C=O) groups is 2. The first kappa shape index (κ1) is 15.4. The Labute approximate surface area is 142 Å². The minimum Gasteiger partial charge on any atom is -0.335 e. The van der Waals surface area contributed by atoms with Crippen LogP contribution < -0.4 is 5.32 Å². The third-order valence-electron chi connectivity index (χ3n) is 5.33. The summed E-state index contributed by atoms with van der Waals surface area (Å²) < 4.78 is 0. The molecule has 1 saturated carbocycles. The van der Waals surface area contributed by atoms with E-state index >= 15 is 0 Å². The molecule has 24 heavy (non-hydrogen) atoms. The second-order valence-corrected chi connectivity index (χ2v) is 7.17. The van der Waals surface area contributed by atoms with Gasteiger partial charge in [-0.3, -0.25) is 9.78 Å². The van der Waals surface area contributed by atoms with Crippen molar-refractivity contribution in [2.24, 2.45) is 0 Å². The highest BCUT2D eigenvalue weighted by atomic mass is 16.2. The number of piperidine rings is 1. The van der Waals surface area contributed by atoms with Crippen LogP contribution in [0.3, 0.4) is 0 Å². The molecule has 0 aromatic carbocycles. The monoisotopic (exact) mass is 328 g/mol. The minimum absolute atomic E-state index is 0.0491. The van der Waals surface area contributed by atoms with Gasteiger partial charge in [-0.25, -0.2) is 4.79 Å². The molecular weight excluding hydrogens is 304 g/mol. The molecule has 1 aliphatic carbocycles. The van der Waals surface area contributed by atoms with Gasteiger partial charge in [0.05, 0.1) is 24.3 Å². The van der Waals surface area contributed by atoms with Crippen LogP contribution in [0.15, 0.2) is 18.2 Å². The van der Waals surface area contributed by atoms with Gasteiger partial charge in [0.2, 0.25) is 5.91 Å². The van der Waals surface area contributed by atoms with Crippen LogP contribution in [-0.4, -0.2) is 51.4 Å². The molecule has 128 valence electrons. The summed E-state index contributed by atoms with van der Waals surface area (Å²) in [5.41, 5.74) is 1.88. The fraction of sp³-hybridized carbons (Fsp3) is 0.611. The van der Waals surface area contributed by atoms with Crippen molar-refractivity contribution in [3.8, 4) is 0 Å². The van der Waals surface area contributed by atoms with Gasteiger partial charge in [0, 0.05) is 24.7 Å². The second kappa shape index (κ2) is 6.07. The molecule has 6 nitrogen and oxygen atoms in total. The molecular formula is C18H24N4O2. The Bertz CT molecular complexity index is 658. The van der Waals surface area contributed by atoms with E-state index in [0.717, 1.165) is 43.6 Å². The zero-order valence-corrected chi connectivity index (χ0v) is 14.1. The molecule has 0 radical (unpaired) electrons. The van der Waals surface area contributed by atoms with Gasteiger partial charge in [-0.05, 0) is 44.7 Å². The zero-order chi connectivity index (χ0) is 16.7. The summed E-state index contributed by atoms with van der Waals surface area (Å²) in [6.45, 7) is 3.24. The highest BCUT2D eigenvalue weighted by molar-refractivity contribution is 5.80. The summed E-state index contributed by atoms with van der Waals surface area (Å²) in [6.07, 6.45) is 4.34. The lowest BCUT2D eigenvalue weighted by atomic mass is 9.96. The van der Waals surface area contributed by atoms with Gasteiger partial charge in [-0.15, -0.1) is 0 Å². The Morgan fingerprint density at radius 2 is 2.08 bits per heavy atom. The standard InChI is InChI=1S/C18H24N4O2/c1-12-3-2-4-14(19-12)11-22-16-9-10-21(15(16)7-8-17(22)23)18(24)20-13-5-6-13/h2-4,13,15-16H,5-11H2,1H3,(H,20,24)/t15-,16-/m1/s1. The molecule has 6 heteroatoms. The minimum atomic E-state index is 0.0491. The molecule has 2 atom stereocenters. The van der Waals surface area contributed by atoms with Crippen LogP contribution in [0.5, 0.6) is 0 Å². The van der Waals surface area contributed by atoms with Crippen molar-refractivity contribution in [3.05, 3.63) is 29.6 Å². The molecule has 1 N–H and O–H groups in total. The predicted octanol–water partition coefficient (Wildman–Crippen LogP) is 1.83. The number of pyridine rings is 1. The van der Waals surface area contributed by atoms with E-state index in [9.17, 15) is 9.59 Å². The highest BCUT2D eigenvalue weighted by Crippen LogP contribution is 2.33. The molecule has 0 bridgehead atoms. The average Bonchev–Trinajstić information content (AvgIpc) is 3.25. The lowest BCUT2D eigenvalue weighted by molar-refractivity contribution is -0.138. The topological polar surface area (TPSA) is 65.5 Å². The third-order valence-corrected chi connectivity index (χ3v) is 5.33. The van der Waals surface area contributed by atoms with Gasteiger partial charge in [0.1, 0.15) is 0 Å². The summed E-state index contributed by atoms with van der Waals surface area (Å²) in [7, 11) is 0. The van der Waals surface area contributed by atoms with Crippen LogP contribution in [0.25, 0.3) is 0 Å². The number of fused-ring (bicyclic) bond motifs is 1. The fourth-order valence-corrected chi connectivity index (χ4v) is 3.95. The number of amides is 3. The van der Waals surface area contributed by atoms with Gasteiger partial charge < -0.3 is 15.1 Å². The summed E-state index contributed by atoms with van der Waals surface area (Å²) >= 11 is 0. The highest BCUT2D eigenvalue weighted by Gasteiger charge is 2.45. The Morgan fingerprint density at radius 1 is 1.25 bits per heavy atom. The Kier molecular flexibility index (Phi) is 3.90. The van der Waals surface area contributed by atoms with Crippen molar-refractivity contribution in [1.82, 2.24) is 20.1 Å². The second-order valence-electron chi connectivity index (χ2n) is 7.17. The summed E-state index contributed by atoms with van der Waals surface area (Å²) in [4.78, 5) is 33.3. The number of carbonyl (C=O) groups excluding carboxylic acids is 2. The molecule has 3 amide bonds. The lowest BCUT2D eigenvalue weighted by Crippen LogP contribution is -2.54. The van der Waals surface area contributed by atoms with Crippen molar-refractivity contribution in [3.63, 3.8) is 0 Å². The number of likely N-dealkylation sites (tertiary alicyclic amines) is 2. The molecule has 2 aliphatic heterocycles. The number of aromatic nitrogens is 1. The number of nitrogens with one attached hydrogen (secondary N) is 1. The zero-order valence-electron chi connectivity index (χ0n) is 14.1. The van der Waals surface area contributed by atoms with Crippen LogP contribution >= 0.6 is 0 Å². The Morgan fingerprint density at radius 3 is 2.83 bits per heavy atom. The number of hydrogen-bond donors (Lipinski definition) is 1. The maximum absolute atomic E-state index is 12.5. The van der Waals surface area contributed by atoms with E-state index in [1.54, 1.807) is 0 Å². The van der Waals surface area contributed by atoms with Gasteiger partial charge in [0.25, 0.3) is 0 Å². The van der Waals surface area contributed by atoms with Crippen LogP contribution in [0.2, 0.25) is 0 Å². The lowest BCUT2D eigenvalue weighted by Gasteiger charge is -2.39. The molecule has 2 saturated heterocycles. The summed E-state index contributed by atoms with van der Waals surface area (Å²) in [6, 6.07) is 6.60. The van der Waals surface area contributed by atoms with Crippen molar-refractivity contribution < 1.29 is 9.59 Å². The van der Waals surface area contributed by atoms with Crippen LogP contribution in [-0.2, 0) is 11.3 Å². The molecule has 4 rings (SSSR count). The van der Waals surface area contributed by atoms with Crippen molar-refractivity contribution in [2.75, 3.05) is 6.54 Å². The van der Waals surface area contributed by atoms with Gasteiger partial charge in [-0.1, -0.05) is 6.07 Å². The van der Waals surface area contributed by atoms with E-state index in [4.69, 9.17) is 0 Å². The molecule has 3 aliphatic rings. The Hall–Kier alpha value is -2.11. The van der Waals surface area contributed by atoms with E-state index in [-0.39, 0.29) is 24.0 Å². The van der Waals surface area contributed by atoms with Crippen LogP contribution in [0.1, 0.15) is 43.5 Å². The summed E-state index contributed by atoms with van der Waals surface area (Å²) in [5.74, 6) is 0.184. The molecule has 1 aromatic rings. The summed E-state index contributed by atoms with van der Waals surface area (Å²) in [5, 5.41) is 3.08. The fourth-order valence-electron chi connectivity index (χ4n) is 3.95. The molecule has 3 fully saturated rings. The van der Waals surface area contributed by atoms with Gasteiger partial charge >= 0.3 is 6.03 Å². The molecule has 0 spiro atoms. The first-order chi connectivity index (χ1) is 11.6. The van der Waals surface area contributed by atoms with E-state index in [1.165, 1.54) is 0 Å². The van der Waals surface area contributed by atoms with E-state index in [0.29, 0.717) is 19.0 Å². The molecule has 3 heterocycles. The smallest absolute Gasteiger partial charge is 0.317 e. The Balaban J connectivity index is 1.48. The van der Waals surface area contributed by atoms with E-state index in [2.05, 4.69) is 10.3 Å². The van der Waals surface area contributed by atoms with Crippen LogP contribution in [0.4, 0.5) is 4.79 Å². The van der Waals surface area contributed by atoms with E-state index < -0.39 is 0 Å². The van der Waals surface area contributed by atoms with Crippen LogP contribution in [0, 0.1) is 6.92 Å². The molecule has 0 unspecified atom stereocenters. The normalized spacial score (nSPS) is 26.5. The van der Waals surface area contributed by atoms with Gasteiger partial charge in [0.15, 0.2) is 0 Å². The number of rotatable bonds is 3. The first-order valence-corrected chi connectivity index (χ1v) is 8.91. The number of aryl methyl sites for hydroxylation is 1.